The Balaban J connectivity index is 1.80. The third kappa shape index (κ3) is 4.55. The zero-order chi connectivity index (χ0) is 15.9. The lowest BCUT2D eigenvalue weighted by Crippen LogP contribution is -2.23. The number of methoxy groups -OCH3 is 1. The van der Waals surface area contributed by atoms with Crippen LogP contribution >= 0.6 is 0 Å². The van der Waals surface area contributed by atoms with Crippen molar-refractivity contribution in [2.75, 3.05) is 7.11 Å². The van der Waals surface area contributed by atoms with Crippen molar-refractivity contribution in [3.8, 4) is 5.75 Å². The largest absolute Gasteiger partial charge is 0.494 e. The molecule has 1 N–H and O–H groups in total. The second kappa shape index (κ2) is 7.54. The summed E-state index contributed by atoms with van der Waals surface area (Å²) in [6.45, 7) is 0.253. The van der Waals surface area contributed by atoms with E-state index in [2.05, 4.69) is 5.32 Å². The molecule has 0 saturated heterocycles. The maximum Gasteiger partial charge on any atom is 0.220 e. The van der Waals surface area contributed by atoms with Gasteiger partial charge in [-0.25, -0.2) is 8.78 Å². The van der Waals surface area contributed by atoms with E-state index in [9.17, 15) is 13.6 Å². The number of nitrogens with one attached hydrogen (secondary N) is 1. The van der Waals surface area contributed by atoms with Crippen molar-refractivity contribution >= 4 is 5.91 Å². The first-order valence-corrected chi connectivity index (χ1v) is 6.92. The molecule has 5 heteroatoms. The highest BCUT2D eigenvalue weighted by Crippen LogP contribution is 2.17. The third-order valence-corrected chi connectivity index (χ3v) is 3.26. The van der Waals surface area contributed by atoms with Crippen molar-refractivity contribution in [1.82, 2.24) is 5.32 Å². The summed E-state index contributed by atoms with van der Waals surface area (Å²) >= 11 is 0. The summed E-state index contributed by atoms with van der Waals surface area (Å²) in [5.74, 6) is -0.720. The number of hydrogen-bond donors (Lipinski definition) is 1. The van der Waals surface area contributed by atoms with Gasteiger partial charge in [-0.15, -0.1) is 0 Å². The summed E-state index contributed by atoms with van der Waals surface area (Å²) in [5.41, 5.74) is 1.56. The molecule has 0 spiro atoms. The van der Waals surface area contributed by atoms with E-state index < -0.39 is 5.82 Å². The molecule has 2 rings (SSSR count). The number of ether oxygens (including phenoxy) is 1. The van der Waals surface area contributed by atoms with Crippen LogP contribution in [0.4, 0.5) is 8.78 Å². The van der Waals surface area contributed by atoms with Gasteiger partial charge < -0.3 is 10.1 Å². The molecular weight excluding hydrogens is 288 g/mol. The van der Waals surface area contributed by atoms with Gasteiger partial charge in [0.15, 0.2) is 11.6 Å². The lowest BCUT2D eigenvalue weighted by Gasteiger charge is -2.07. The van der Waals surface area contributed by atoms with E-state index in [4.69, 9.17) is 4.74 Å². The average Bonchev–Trinajstić information content (AvgIpc) is 2.52. The van der Waals surface area contributed by atoms with E-state index >= 15 is 0 Å². The maximum absolute atomic E-state index is 13.5. The number of carbonyl (C=O) groups is 1. The van der Waals surface area contributed by atoms with Gasteiger partial charge in [0, 0.05) is 13.0 Å². The highest BCUT2D eigenvalue weighted by molar-refractivity contribution is 5.76. The van der Waals surface area contributed by atoms with Gasteiger partial charge in [0.05, 0.1) is 7.11 Å². The number of rotatable bonds is 6. The normalized spacial score (nSPS) is 10.3. The summed E-state index contributed by atoms with van der Waals surface area (Å²) in [5, 5.41) is 2.72. The standard InChI is InChI=1S/C17H17F2NO2/c1-22-16-8-4-13(10-15(16)19)11-20-17(21)9-5-12-2-6-14(18)7-3-12/h2-4,6-8,10H,5,9,11H2,1H3,(H,20,21). The van der Waals surface area contributed by atoms with Crippen LogP contribution in [0.5, 0.6) is 5.75 Å². The predicted molar refractivity (Wildman–Crippen MR) is 79.5 cm³/mol. The van der Waals surface area contributed by atoms with Crippen molar-refractivity contribution in [2.24, 2.45) is 0 Å². The van der Waals surface area contributed by atoms with Crippen molar-refractivity contribution in [1.29, 1.82) is 0 Å². The molecule has 22 heavy (non-hydrogen) atoms. The molecule has 0 atom stereocenters. The van der Waals surface area contributed by atoms with E-state index in [0.717, 1.165) is 5.56 Å². The van der Waals surface area contributed by atoms with Crippen LogP contribution in [0.25, 0.3) is 0 Å². The van der Waals surface area contributed by atoms with Crippen LogP contribution in [-0.4, -0.2) is 13.0 Å². The molecule has 3 nitrogen and oxygen atoms in total. The van der Waals surface area contributed by atoms with Crippen LogP contribution < -0.4 is 10.1 Å². The van der Waals surface area contributed by atoms with Crippen LogP contribution in [0.2, 0.25) is 0 Å². The summed E-state index contributed by atoms with van der Waals surface area (Å²) in [6, 6.07) is 10.6. The van der Waals surface area contributed by atoms with Gasteiger partial charge in [-0.2, -0.15) is 0 Å². The Morgan fingerprint density at radius 3 is 2.41 bits per heavy atom. The van der Waals surface area contributed by atoms with Gasteiger partial charge in [0.1, 0.15) is 5.82 Å². The van der Waals surface area contributed by atoms with E-state index in [-0.39, 0.29) is 24.0 Å². The molecule has 0 radical (unpaired) electrons. The molecule has 0 bridgehead atoms. The number of carbonyl (C=O) groups excluding carboxylic acids is 1. The second-order valence-corrected chi connectivity index (χ2v) is 4.87. The van der Waals surface area contributed by atoms with Gasteiger partial charge in [0.2, 0.25) is 5.91 Å². The Morgan fingerprint density at radius 2 is 1.77 bits per heavy atom. The van der Waals surface area contributed by atoms with Crippen LogP contribution in [0.15, 0.2) is 42.5 Å². The van der Waals surface area contributed by atoms with Gasteiger partial charge in [-0.1, -0.05) is 18.2 Å². The van der Waals surface area contributed by atoms with E-state index in [1.54, 1.807) is 18.2 Å². The number of hydrogen-bond acceptors (Lipinski definition) is 2. The molecular formula is C17H17F2NO2. The van der Waals surface area contributed by atoms with Crippen LogP contribution in [0, 0.1) is 11.6 Å². The molecule has 1 amide bonds. The van der Waals surface area contributed by atoms with E-state index in [0.29, 0.717) is 18.4 Å². The van der Waals surface area contributed by atoms with Gasteiger partial charge in [-0.3, -0.25) is 4.79 Å². The minimum absolute atomic E-state index is 0.138. The monoisotopic (exact) mass is 305 g/mol. The highest BCUT2D eigenvalue weighted by Gasteiger charge is 2.06. The van der Waals surface area contributed by atoms with Crippen LogP contribution in [-0.2, 0) is 17.8 Å². The Bertz CT molecular complexity index is 642. The maximum atomic E-state index is 13.5. The molecule has 0 heterocycles. The third-order valence-electron chi connectivity index (χ3n) is 3.26. The van der Waals surface area contributed by atoms with E-state index in [1.165, 1.54) is 31.4 Å². The Morgan fingerprint density at radius 1 is 1.09 bits per heavy atom. The fourth-order valence-electron chi connectivity index (χ4n) is 2.02. The van der Waals surface area contributed by atoms with Gasteiger partial charge >= 0.3 is 0 Å². The topological polar surface area (TPSA) is 38.3 Å². The predicted octanol–water partition coefficient (Wildman–Crippen LogP) is 3.22. The lowest BCUT2D eigenvalue weighted by molar-refractivity contribution is -0.121. The molecule has 0 fully saturated rings. The minimum atomic E-state index is -0.458. The van der Waals surface area contributed by atoms with Gasteiger partial charge in [0.25, 0.3) is 0 Å². The first-order chi connectivity index (χ1) is 10.6. The van der Waals surface area contributed by atoms with Crippen molar-refractivity contribution in [2.45, 2.75) is 19.4 Å². The number of halogens is 2. The summed E-state index contributed by atoms with van der Waals surface area (Å²) in [7, 11) is 1.40. The fourth-order valence-corrected chi connectivity index (χ4v) is 2.02. The zero-order valence-corrected chi connectivity index (χ0v) is 12.2. The molecule has 116 valence electrons. The number of aryl methyl sites for hydroxylation is 1. The van der Waals surface area contributed by atoms with Gasteiger partial charge in [-0.05, 0) is 41.8 Å². The Labute approximate surface area is 127 Å². The Kier molecular flexibility index (Phi) is 5.47. The van der Waals surface area contributed by atoms with Crippen molar-refractivity contribution in [3.05, 3.63) is 65.2 Å². The second-order valence-electron chi connectivity index (χ2n) is 4.87. The quantitative estimate of drug-likeness (QED) is 0.890. The number of amides is 1. The minimum Gasteiger partial charge on any atom is -0.494 e. The SMILES string of the molecule is COc1ccc(CNC(=O)CCc2ccc(F)cc2)cc1F. The summed E-state index contributed by atoms with van der Waals surface area (Å²) < 4.78 is 31.1. The summed E-state index contributed by atoms with van der Waals surface area (Å²) in [6.07, 6.45) is 0.827. The fraction of sp³-hybridized carbons (Fsp3) is 0.235. The molecule has 0 unspecified atom stereocenters. The van der Waals surface area contributed by atoms with E-state index in [1.807, 2.05) is 0 Å². The first-order valence-electron chi connectivity index (χ1n) is 6.92. The summed E-state index contributed by atoms with van der Waals surface area (Å²) in [4.78, 5) is 11.8. The van der Waals surface area contributed by atoms with Crippen molar-refractivity contribution < 1.29 is 18.3 Å². The van der Waals surface area contributed by atoms with Crippen LogP contribution in [0.3, 0.4) is 0 Å². The molecule has 2 aromatic rings. The molecule has 0 saturated carbocycles. The zero-order valence-electron chi connectivity index (χ0n) is 12.2. The molecule has 0 aliphatic carbocycles. The highest BCUT2D eigenvalue weighted by atomic mass is 19.1. The average molecular weight is 305 g/mol. The van der Waals surface area contributed by atoms with Crippen molar-refractivity contribution in [3.63, 3.8) is 0 Å². The smallest absolute Gasteiger partial charge is 0.220 e. The molecule has 0 aliphatic heterocycles. The first kappa shape index (κ1) is 15.9. The lowest BCUT2D eigenvalue weighted by atomic mass is 10.1. The molecule has 2 aromatic carbocycles. The molecule has 0 aromatic heterocycles. The van der Waals surface area contributed by atoms with Crippen LogP contribution in [0.1, 0.15) is 17.5 Å². The Hall–Kier alpha value is -2.43. The number of benzene rings is 2. The molecule has 0 aliphatic rings.